The summed E-state index contributed by atoms with van der Waals surface area (Å²) >= 11 is 0. The summed E-state index contributed by atoms with van der Waals surface area (Å²) in [6.07, 6.45) is 3.07. The first-order chi connectivity index (χ1) is 7.18. The SMILES string of the molecule is Nc1cc(-c2ccncc2)c(F)cc1F. The van der Waals surface area contributed by atoms with Gasteiger partial charge in [0.2, 0.25) is 0 Å². The van der Waals surface area contributed by atoms with Crippen LogP contribution in [0.25, 0.3) is 11.1 Å². The fourth-order valence-corrected chi connectivity index (χ4v) is 1.32. The molecule has 1 heterocycles. The van der Waals surface area contributed by atoms with Gasteiger partial charge in [-0.3, -0.25) is 4.98 Å². The van der Waals surface area contributed by atoms with Gasteiger partial charge in [-0.1, -0.05) is 0 Å². The van der Waals surface area contributed by atoms with E-state index in [0.29, 0.717) is 5.56 Å². The molecule has 2 rings (SSSR count). The van der Waals surface area contributed by atoms with Crippen molar-refractivity contribution in [3.8, 4) is 11.1 Å². The Labute approximate surface area is 85.4 Å². The lowest BCUT2D eigenvalue weighted by molar-refractivity contribution is 0.588. The summed E-state index contributed by atoms with van der Waals surface area (Å²) in [5, 5.41) is 0. The maximum absolute atomic E-state index is 13.4. The lowest BCUT2D eigenvalue weighted by Crippen LogP contribution is -1.94. The van der Waals surface area contributed by atoms with Crippen LogP contribution in [0.5, 0.6) is 0 Å². The number of hydrogen-bond donors (Lipinski definition) is 1. The molecule has 2 nitrogen and oxygen atoms in total. The molecule has 0 saturated carbocycles. The highest BCUT2D eigenvalue weighted by molar-refractivity contribution is 5.67. The first-order valence-electron chi connectivity index (χ1n) is 4.33. The van der Waals surface area contributed by atoms with Gasteiger partial charge in [-0.25, -0.2) is 8.78 Å². The van der Waals surface area contributed by atoms with Gasteiger partial charge in [0, 0.05) is 24.0 Å². The van der Waals surface area contributed by atoms with Gasteiger partial charge < -0.3 is 5.73 Å². The van der Waals surface area contributed by atoms with Gasteiger partial charge >= 0.3 is 0 Å². The predicted octanol–water partition coefficient (Wildman–Crippen LogP) is 2.61. The van der Waals surface area contributed by atoms with Crippen LogP contribution in [0.2, 0.25) is 0 Å². The molecule has 0 aliphatic heterocycles. The van der Waals surface area contributed by atoms with Crippen molar-refractivity contribution in [3.63, 3.8) is 0 Å². The summed E-state index contributed by atoms with van der Waals surface area (Å²) in [5.41, 5.74) is 6.20. The van der Waals surface area contributed by atoms with Gasteiger partial charge in [-0.15, -0.1) is 0 Å². The lowest BCUT2D eigenvalue weighted by Gasteiger charge is -2.05. The summed E-state index contributed by atoms with van der Waals surface area (Å²) in [4.78, 5) is 3.81. The molecule has 0 radical (unpaired) electrons. The van der Waals surface area contributed by atoms with E-state index < -0.39 is 11.6 Å². The molecule has 0 bridgehead atoms. The largest absolute Gasteiger partial charge is 0.396 e. The molecule has 0 aliphatic rings. The molecule has 1 aromatic heterocycles. The van der Waals surface area contributed by atoms with Crippen molar-refractivity contribution in [2.24, 2.45) is 0 Å². The molecule has 0 aliphatic carbocycles. The Hall–Kier alpha value is -1.97. The molecule has 0 spiro atoms. The zero-order valence-corrected chi connectivity index (χ0v) is 7.74. The first kappa shape index (κ1) is 9.58. The highest BCUT2D eigenvalue weighted by Gasteiger charge is 2.09. The van der Waals surface area contributed by atoms with E-state index in [0.717, 1.165) is 6.07 Å². The number of hydrogen-bond acceptors (Lipinski definition) is 2. The number of rotatable bonds is 1. The number of pyridine rings is 1. The van der Waals surface area contributed by atoms with Crippen LogP contribution in [-0.2, 0) is 0 Å². The fourth-order valence-electron chi connectivity index (χ4n) is 1.32. The van der Waals surface area contributed by atoms with Crippen LogP contribution < -0.4 is 5.73 Å². The van der Waals surface area contributed by atoms with Gasteiger partial charge in [-0.2, -0.15) is 0 Å². The van der Waals surface area contributed by atoms with Gasteiger partial charge in [0.05, 0.1) is 5.69 Å². The molecular formula is C11H8F2N2. The molecule has 76 valence electrons. The van der Waals surface area contributed by atoms with Crippen LogP contribution in [0.1, 0.15) is 0 Å². The van der Waals surface area contributed by atoms with Crippen LogP contribution in [0.15, 0.2) is 36.7 Å². The Morgan fingerprint density at radius 1 is 1.00 bits per heavy atom. The fraction of sp³-hybridized carbons (Fsp3) is 0. The topological polar surface area (TPSA) is 38.9 Å². The number of nitrogens with two attached hydrogens (primary N) is 1. The molecule has 0 saturated heterocycles. The van der Waals surface area contributed by atoms with E-state index in [1.54, 1.807) is 12.1 Å². The van der Waals surface area contributed by atoms with Crippen LogP contribution in [-0.4, -0.2) is 4.98 Å². The van der Waals surface area contributed by atoms with Crippen molar-refractivity contribution in [1.82, 2.24) is 4.98 Å². The Morgan fingerprint density at radius 2 is 1.67 bits per heavy atom. The zero-order chi connectivity index (χ0) is 10.8. The minimum Gasteiger partial charge on any atom is -0.396 e. The maximum atomic E-state index is 13.4. The highest BCUT2D eigenvalue weighted by atomic mass is 19.1. The van der Waals surface area contributed by atoms with Crippen molar-refractivity contribution < 1.29 is 8.78 Å². The Bertz CT molecular complexity index is 483. The van der Waals surface area contributed by atoms with Crippen LogP contribution in [0, 0.1) is 11.6 Å². The molecule has 0 amide bonds. The Kier molecular flexibility index (Phi) is 2.33. The summed E-state index contributed by atoms with van der Waals surface area (Å²) in [7, 11) is 0. The van der Waals surface area contributed by atoms with Crippen molar-refractivity contribution in [2.75, 3.05) is 5.73 Å². The first-order valence-corrected chi connectivity index (χ1v) is 4.33. The maximum Gasteiger partial charge on any atom is 0.149 e. The molecule has 0 atom stereocenters. The van der Waals surface area contributed by atoms with E-state index in [-0.39, 0.29) is 11.3 Å². The van der Waals surface area contributed by atoms with Crippen molar-refractivity contribution >= 4 is 5.69 Å². The predicted molar refractivity (Wildman–Crippen MR) is 54.0 cm³/mol. The normalized spacial score (nSPS) is 10.3. The number of anilines is 1. The van der Waals surface area contributed by atoms with Crippen LogP contribution in [0.3, 0.4) is 0 Å². The lowest BCUT2D eigenvalue weighted by atomic mass is 10.1. The van der Waals surface area contributed by atoms with E-state index in [4.69, 9.17) is 5.73 Å². The zero-order valence-electron chi connectivity index (χ0n) is 7.74. The number of nitrogens with zero attached hydrogens (tertiary/aromatic N) is 1. The quantitative estimate of drug-likeness (QED) is 0.728. The molecule has 0 unspecified atom stereocenters. The van der Waals surface area contributed by atoms with Crippen molar-refractivity contribution in [2.45, 2.75) is 0 Å². The van der Waals surface area contributed by atoms with Gasteiger partial charge in [0.25, 0.3) is 0 Å². The number of benzene rings is 1. The van der Waals surface area contributed by atoms with Crippen molar-refractivity contribution in [3.05, 3.63) is 48.3 Å². The highest BCUT2D eigenvalue weighted by Crippen LogP contribution is 2.26. The molecular weight excluding hydrogens is 198 g/mol. The summed E-state index contributed by atoms with van der Waals surface area (Å²) in [6.45, 7) is 0. The third kappa shape index (κ3) is 1.79. The van der Waals surface area contributed by atoms with E-state index in [2.05, 4.69) is 4.98 Å². The van der Waals surface area contributed by atoms with E-state index in [1.807, 2.05) is 0 Å². The van der Waals surface area contributed by atoms with E-state index in [9.17, 15) is 8.78 Å². The summed E-state index contributed by atoms with van der Waals surface area (Å²) in [5.74, 6) is -1.38. The Morgan fingerprint density at radius 3 is 2.33 bits per heavy atom. The minimum atomic E-state index is -0.745. The minimum absolute atomic E-state index is 0.0665. The molecule has 1 aromatic carbocycles. The van der Waals surface area contributed by atoms with Gasteiger partial charge in [0.1, 0.15) is 11.6 Å². The Balaban J connectivity index is 2.59. The summed E-state index contributed by atoms with van der Waals surface area (Å²) < 4.78 is 26.3. The number of aromatic nitrogens is 1. The van der Waals surface area contributed by atoms with Crippen LogP contribution in [0.4, 0.5) is 14.5 Å². The third-order valence-electron chi connectivity index (χ3n) is 2.08. The second kappa shape index (κ2) is 3.65. The number of halogens is 2. The molecule has 2 aromatic rings. The van der Waals surface area contributed by atoms with Crippen molar-refractivity contribution in [1.29, 1.82) is 0 Å². The number of nitrogen functional groups attached to an aromatic ring is 1. The van der Waals surface area contributed by atoms with Crippen LogP contribution >= 0.6 is 0 Å². The van der Waals surface area contributed by atoms with E-state index >= 15 is 0 Å². The average molecular weight is 206 g/mol. The van der Waals surface area contributed by atoms with E-state index in [1.165, 1.54) is 18.5 Å². The standard InChI is InChI=1S/C11H8F2N2/c12-9-6-10(13)11(14)5-8(9)7-1-3-15-4-2-7/h1-6H,14H2. The summed E-state index contributed by atoms with van der Waals surface area (Å²) in [6, 6.07) is 5.33. The average Bonchev–Trinajstić information content (AvgIpc) is 2.25. The van der Waals surface area contributed by atoms with Gasteiger partial charge in [-0.05, 0) is 23.8 Å². The second-order valence-electron chi connectivity index (χ2n) is 3.09. The molecule has 15 heavy (non-hydrogen) atoms. The second-order valence-corrected chi connectivity index (χ2v) is 3.09. The monoisotopic (exact) mass is 206 g/mol. The molecule has 4 heteroatoms. The molecule has 2 N–H and O–H groups in total. The smallest absolute Gasteiger partial charge is 0.149 e. The third-order valence-corrected chi connectivity index (χ3v) is 2.08. The molecule has 0 fully saturated rings. The van der Waals surface area contributed by atoms with Gasteiger partial charge in [0.15, 0.2) is 0 Å².